The van der Waals surface area contributed by atoms with Gasteiger partial charge in [0.2, 0.25) is 5.91 Å². The molecule has 0 bridgehead atoms. The fraction of sp³-hybridized carbons (Fsp3) is 0.588. The van der Waals surface area contributed by atoms with Gasteiger partial charge in [0.15, 0.2) is 11.0 Å². The van der Waals surface area contributed by atoms with Crippen LogP contribution in [0.25, 0.3) is 10.7 Å². The zero-order valence-corrected chi connectivity index (χ0v) is 17.2. The number of thiophene rings is 1. The lowest BCUT2D eigenvalue weighted by Gasteiger charge is -2.28. The summed E-state index contributed by atoms with van der Waals surface area (Å²) in [6.07, 6.45) is 0. The summed E-state index contributed by atoms with van der Waals surface area (Å²) in [6, 6.07) is 4.04. The fourth-order valence-corrected chi connectivity index (χ4v) is 4.25. The average Bonchev–Trinajstić information content (AvgIpc) is 3.18. The lowest BCUT2D eigenvalue weighted by molar-refractivity contribution is -0.119. The second-order valence-electron chi connectivity index (χ2n) is 7.00. The molecule has 0 unspecified atom stereocenters. The van der Waals surface area contributed by atoms with E-state index < -0.39 is 0 Å². The number of amides is 1. The van der Waals surface area contributed by atoms with Gasteiger partial charge in [0.1, 0.15) is 0 Å². The van der Waals surface area contributed by atoms with E-state index in [1.807, 2.05) is 31.6 Å². The van der Waals surface area contributed by atoms with Crippen LogP contribution in [0.3, 0.4) is 0 Å². The first-order valence-corrected chi connectivity index (χ1v) is 10.2. The first kappa shape index (κ1) is 19.9. The molecule has 2 rings (SSSR count). The Morgan fingerprint density at radius 2 is 2.16 bits per heavy atom. The normalized spacial score (nSPS) is 11.9. The molecule has 0 saturated carbocycles. The van der Waals surface area contributed by atoms with Crippen molar-refractivity contribution >= 4 is 29.0 Å². The molecule has 1 N–H and O–H groups in total. The van der Waals surface area contributed by atoms with Gasteiger partial charge in [-0.25, -0.2) is 0 Å². The number of hydrogen-bond donors (Lipinski definition) is 1. The van der Waals surface area contributed by atoms with E-state index in [1.54, 1.807) is 11.3 Å². The molecule has 6 nitrogen and oxygen atoms in total. The van der Waals surface area contributed by atoms with E-state index in [0.717, 1.165) is 28.9 Å². The minimum Gasteiger partial charge on any atom is -0.355 e. The van der Waals surface area contributed by atoms with Crippen LogP contribution >= 0.6 is 23.1 Å². The summed E-state index contributed by atoms with van der Waals surface area (Å²) >= 11 is 3.08. The van der Waals surface area contributed by atoms with Gasteiger partial charge in [0, 0.05) is 19.6 Å². The molecule has 2 aromatic heterocycles. The van der Waals surface area contributed by atoms with Gasteiger partial charge in [0.05, 0.1) is 10.6 Å². The maximum atomic E-state index is 12.2. The van der Waals surface area contributed by atoms with Crippen molar-refractivity contribution in [3.8, 4) is 10.7 Å². The van der Waals surface area contributed by atoms with Gasteiger partial charge in [-0.15, -0.1) is 21.5 Å². The molecule has 0 radical (unpaired) electrons. The Morgan fingerprint density at radius 1 is 1.40 bits per heavy atom. The molecule has 25 heavy (non-hydrogen) atoms. The van der Waals surface area contributed by atoms with Crippen molar-refractivity contribution in [1.29, 1.82) is 0 Å². The standard InChI is InChI=1S/C17H27N5OS2/c1-6-22-15(13-8-7-9-24-13)19-20-16(22)25-10-14(23)18-11-17(2,3)12-21(4)5/h7-9H,6,10-12H2,1-5H3,(H,18,23). The largest absolute Gasteiger partial charge is 0.355 e. The Balaban J connectivity index is 1.90. The maximum absolute atomic E-state index is 12.2. The van der Waals surface area contributed by atoms with Crippen molar-refractivity contribution in [2.75, 3.05) is 32.9 Å². The van der Waals surface area contributed by atoms with Crippen molar-refractivity contribution in [2.24, 2.45) is 5.41 Å². The zero-order chi connectivity index (χ0) is 18.4. The van der Waals surface area contributed by atoms with E-state index in [9.17, 15) is 4.79 Å². The number of aromatic nitrogens is 3. The van der Waals surface area contributed by atoms with Gasteiger partial charge in [-0.1, -0.05) is 31.7 Å². The van der Waals surface area contributed by atoms with Crippen molar-refractivity contribution in [3.63, 3.8) is 0 Å². The minimum atomic E-state index is 0.0279. The third-order valence-electron chi connectivity index (χ3n) is 3.62. The third kappa shape index (κ3) is 5.83. The molecule has 1 amide bonds. The highest BCUT2D eigenvalue weighted by molar-refractivity contribution is 7.99. The summed E-state index contributed by atoms with van der Waals surface area (Å²) < 4.78 is 2.06. The van der Waals surface area contributed by atoms with Crippen LogP contribution in [0.4, 0.5) is 0 Å². The Bertz CT molecular complexity index is 679. The number of carbonyl (C=O) groups excluding carboxylic acids is 1. The lowest BCUT2D eigenvalue weighted by atomic mass is 9.93. The molecule has 0 aliphatic rings. The molecule has 0 spiro atoms. The van der Waals surface area contributed by atoms with Gasteiger partial charge in [-0.2, -0.15) is 0 Å². The van der Waals surface area contributed by atoms with E-state index in [1.165, 1.54) is 11.8 Å². The first-order chi connectivity index (χ1) is 11.8. The summed E-state index contributed by atoms with van der Waals surface area (Å²) in [5, 5.41) is 14.4. The summed E-state index contributed by atoms with van der Waals surface area (Å²) in [5.41, 5.74) is 0.0413. The second-order valence-corrected chi connectivity index (χ2v) is 8.89. The van der Waals surface area contributed by atoms with E-state index in [4.69, 9.17) is 0 Å². The van der Waals surface area contributed by atoms with Crippen molar-refractivity contribution < 1.29 is 4.79 Å². The van der Waals surface area contributed by atoms with Gasteiger partial charge in [0.25, 0.3) is 0 Å². The van der Waals surface area contributed by atoms with Crippen LogP contribution in [0, 0.1) is 5.41 Å². The van der Waals surface area contributed by atoms with Crippen molar-refractivity contribution in [1.82, 2.24) is 25.0 Å². The summed E-state index contributed by atoms with van der Waals surface area (Å²) in [5.74, 6) is 1.24. The third-order valence-corrected chi connectivity index (χ3v) is 5.45. The second kappa shape index (κ2) is 8.82. The first-order valence-electron chi connectivity index (χ1n) is 8.33. The maximum Gasteiger partial charge on any atom is 0.230 e. The molecule has 138 valence electrons. The van der Waals surface area contributed by atoms with Crippen LogP contribution in [0.2, 0.25) is 0 Å². The molecule has 0 aliphatic heterocycles. The molecule has 2 heterocycles. The SMILES string of the molecule is CCn1c(SCC(=O)NCC(C)(C)CN(C)C)nnc1-c1cccs1. The highest BCUT2D eigenvalue weighted by atomic mass is 32.2. The number of rotatable bonds is 9. The summed E-state index contributed by atoms with van der Waals surface area (Å²) in [6.45, 7) is 8.73. The zero-order valence-electron chi connectivity index (χ0n) is 15.6. The number of hydrogen-bond acceptors (Lipinski definition) is 6. The number of thioether (sulfide) groups is 1. The van der Waals surface area contributed by atoms with Crippen LogP contribution in [0.5, 0.6) is 0 Å². The molecule has 8 heteroatoms. The van der Waals surface area contributed by atoms with Crippen molar-refractivity contribution in [3.05, 3.63) is 17.5 Å². The molecule has 0 atom stereocenters. The molecular weight excluding hydrogens is 354 g/mol. The van der Waals surface area contributed by atoms with E-state index >= 15 is 0 Å². The summed E-state index contributed by atoms with van der Waals surface area (Å²) in [7, 11) is 4.09. The molecule has 0 saturated heterocycles. The predicted molar refractivity (Wildman–Crippen MR) is 105 cm³/mol. The monoisotopic (exact) mass is 381 g/mol. The van der Waals surface area contributed by atoms with E-state index in [-0.39, 0.29) is 11.3 Å². The number of nitrogens with one attached hydrogen (secondary N) is 1. The molecule has 0 aliphatic carbocycles. The molecule has 2 aromatic rings. The topological polar surface area (TPSA) is 63.1 Å². The highest BCUT2D eigenvalue weighted by Gasteiger charge is 2.20. The van der Waals surface area contributed by atoms with Crippen LogP contribution in [0.15, 0.2) is 22.7 Å². The quantitative estimate of drug-likeness (QED) is 0.677. The molecule has 0 fully saturated rings. The molecular formula is C17H27N5OS2. The summed E-state index contributed by atoms with van der Waals surface area (Å²) in [4.78, 5) is 15.4. The van der Waals surface area contributed by atoms with E-state index in [2.05, 4.69) is 45.8 Å². The van der Waals surface area contributed by atoms with Crippen molar-refractivity contribution in [2.45, 2.75) is 32.5 Å². The Kier molecular flexibility index (Phi) is 7.04. The van der Waals surface area contributed by atoms with Crippen LogP contribution in [-0.4, -0.2) is 58.5 Å². The number of carbonyl (C=O) groups is 1. The highest BCUT2D eigenvalue weighted by Crippen LogP contribution is 2.27. The van der Waals surface area contributed by atoms with E-state index in [0.29, 0.717) is 12.3 Å². The van der Waals surface area contributed by atoms with Crippen LogP contribution in [-0.2, 0) is 11.3 Å². The predicted octanol–water partition coefficient (Wildman–Crippen LogP) is 2.82. The van der Waals surface area contributed by atoms with Gasteiger partial charge in [-0.05, 0) is 37.9 Å². The smallest absolute Gasteiger partial charge is 0.230 e. The van der Waals surface area contributed by atoms with Crippen LogP contribution in [0.1, 0.15) is 20.8 Å². The van der Waals surface area contributed by atoms with Gasteiger partial charge in [-0.3, -0.25) is 4.79 Å². The Hall–Kier alpha value is -1.38. The minimum absolute atomic E-state index is 0.0279. The van der Waals surface area contributed by atoms with Gasteiger partial charge < -0.3 is 14.8 Å². The molecule has 0 aromatic carbocycles. The van der Waals surface area contributed by atoms with Gasteiger partial charge >= 0.3 is 0 Å². The Labute approximate surface area is 158 Å². The Morgan fingerprint density at radius 3 is 2.76 bits per heavy atom. The lowest BCUT2D eigenvalue weighted by Crippen LogP contribution is -2.40. The average molecular weight is 382 g/mol. The number of nitrogens with zero attached hydrogens (tertiary/aromatic N) is 4. The fourth-order valence-electron chi connectivity index (χ4n) is 2.70. The van der Waals surface area contributed by atoms with Crippen LogP contribution < -0.4 is 5.32 Å².